The highest BCUT2D eigenvalue weighted by molar-refractivity contribution is 9.10. The minimum atomic E-state index is -1.68. The van der Waals surface area contributed by atoms with Gasteiger partial charge in [0.05, 0.1) is 27.0 Å². The van der Waals surface area contributed by atoms with Gasteiger partial charge < -0.3 is 5.11 Å². The summed E-state index contributed by atoms with van der Waals surface area (Å²) >= 11 is 3.24. The molecule has 2 rings (SSSR count). The molecule has 1 aromatic carbocycles. The molecule has 20 heavy (non-hydrogen) atoms. The van der Waals surface area contributed by atoms with Gasteiger partial charge in [-0.3, -0.25) is 9.19 Å². The topological polar surface area (TPSA) is 67.3 Å². The molecule has 0 saturated heterocycles. The van der Waals surface area contributed by atoms with E-state index in [9.17, 15) is 13.4 Å². The highest BCUT2D eigenvalue weighted by Crippen LogP contribution is 2.19. The Morgan fingerprint density at radius 3 is 2.75 bits per heavy atom. The summed E-state index contributed by atoms with van der Waals surface area (Å²) in [6.07, 6.45) is 3.11. The van der Waals surface area contributed by atoms with E-state index >= 15 is 0 Å². The second kappa shape index (κ2) is 6.23. The van der Waals surface area contributed by atoms with Gasteiger partial charge in [0.1, 0.15) is 5.82 Å². The van der Waals surface area contributed by atoms with Crippen LogP contribution < -0.4 is 0 Å². The van der Waals surface area contributed by atoms with Gasteiger partial charge in [-0.2, -0.15) is 0 Å². The SMILES string of the molecule is O=C(O)c1ccc(F)c(S(=O)Cc2cncc(Br)c2)c1. The molecule has 7 heteroatoms. The second-order valence-electron chi connectivity index (χ2n) is 3.95. The smallest absolute Gasteiger partial charge is 0.335 e. The van der Waals surface area contributed by atoms with E-state index < -0.39 is 22.6 Å². The zero-order valence-electron chi connectivity index (χ0n) is 10.0. The number of rotatable bonds is 4. The summed E-state index contributed by atoms with van der Waals surface area (Å²) in [5, 5.41) is 8.87. The molecule has 0 radical (unpaired) electrons. The Morgan fingerprint density at radius 1 is 1.35 bits per heavy atom. The van der Waals surface area contributed by atoms with Crippen LogP contribution >= 0.6 is 15.9 Å². The number of carbonyl (C=O) groups is 1. The van der Waals surface area contributed by atoms with Crippen molar-refractivity contribution in [3.63, 3.8) is 0 Å². The number of pyridine rings is 1. The van der Waals surface area contributed by atoms with Crippen LogP contribution in [0.5, 0.6) is 0 Å². The van der Waals surface area contributed by atoms with Crippen LogP contribution in [0.1, 0.15) is 15.9 Å². The van der Waals surface area contributed by atoms with E-state index in [4.69, 9.17) is 5.11 Å². The predicted octanol–water partition coefficient (Wildman–Crippen LogP) is 2.99. The molecule has 2 aromatic rings. The Bertz CT molecular complexity index is 693. The summed E-state index contributed by atoms with van der Waals surface area (Å²) in [5.74, 6) is -1.81. The summed E-state index contributed by atoms with van der Waals surface area (Å²) in [4.78, 5) is 14.7. The molecule has 1 aromatic heterocycles. The highest BCUT2D eigenvalue weighted by Gasteiger charge is 2.14. The van der Waals surface area contributed by atoms with Crippen LogP contribution in [0.25, 0.3) is 0 Å². The molecule has 104 valence electrons. The zero-order chi connectivity index (χ0) is 14.7. The van der Waals surface area contributed by atoms with E-state index in [1.54, 1.807) is 12.3 Å². The first-order chi connectivity index (χ1) is 9.47. The van der Waals surface area contributed by atoms with E-state index in [0.29, 0.717) is 5.56 Å². The van der Waals surface area contributed by atoms with Gasteiger partial charge in [-0.25, -0.2) is 9.18 Å². The van der Waals surface area contributed by atoms with Crippen LogP contribution in [-0.2, 0) is 16.6 Å². The molecule has 1 atom stereocenters. The Kier molecular flexibility index (Phi) is 4.61. The minimum Gasteiger partial charge on any atom is -0.478 e. The van der Waals surface area contributed by atoms with E-state index in [1.807, 2.05) is 0 Å². The first-order valence-corrected chi connectivity index (χ1v) is 7.59. The number of aromatic nitrogens is 1. The molecule has 0 bridgehead atoms. The Balaban J connectivity index is 2.29. The standard InChI is InChI=1S/C13H9BrFNO3S/c14-10-3-8(5-16-6-10)7-20(19)12-4-9(13(17)18)1-2-11(12)15/h1-6H,7H2,(H,17,18). The van der Waals surface area contributed by atoms with Crippen LogP contribution in [0.3, 0.4) is 0 Å². The fourth-order valence-corrected chi connectivity index (χ4v) is 3.15. The van der Waals surface area contributed by atoms with Gasteiger partial charge in [0.2, 0.25) is 0 Å². The Labute approximate surface area is 125 Å². The number of nitrogens with zero attached hydrogens (tertiary/aromatic N) is 1. The maximum atomic E-state index is 13.7. The lowest BCUT2D eigenvalue weighted by atomic mass is 10.2. The summed E-state index contributed by atoms with van der Waals surface area (Å²) in [7, 11) is -1.68. The van der Waals surface area contributed by atoms with Crippen LogP contribution in [0.2, 0.25) is 0 Å². The molecule has 0 aliphatic heterocycles. The second-order valence-corrected chi connectivity index (χ2v) is 6.29. The molecule has 0 saturated carbocycles. The van der Waals surface area contributed by atoms with Crippen molar-refractivity contribution in [3.8, 4) is 0 Å². The number of carboxylic acid groups (broad SMARTS) is 1. The van der Waals surface area contributed by atoms with Crippen LogP contribution in [0.4, 0.5) is 4.39 Å². The van der Waals surface area contributed by atoms with E-state index in [-0.39, 0.29) is 16.2 Å². The normalized spacial score (nSPS) is 12.1. The maximum Gasteiger partial charge on any atom is 0.335 e. The number of carboxylic acids is 1. The maximum absolute atomic E-state index is 13.7. The number of hydrogen-bond donors (Lipinski definition) is 1. The molecule has 0 aliphatic rings. The van der Waals surface area contributed by atoms with E-state index in [1.165, 1.54) is 6.20 Å². The molecule has 0 fully saturated rings. The van der Waals surface area contributed by atoms with Crippen LogP contribution in [-0.4, -0.2) is 20.3 Å². The van der Waals surface area contributed by atoms with Crippen molar-refractivity contribution in [2.75, 3.05) is 0 Å². The van der Waals surface area contributed by atoms with E-state index in [0.717, 1.165) is 22.7 Å². The Hall–Kier alpha value is -1.60. The number of halogens is 2. The van der Waals surface area contributed by atoms with Crippen molar-refractivity contribution in [3.05, 3.63) is 58.1 Å². The summed E-state index contributed by atoms with van der Waals surface area (Å²) in [6, 6.07) is 4.97. The van der Waals surface area contributed by atoms with Crippen molar-refractivity contribution in [1.82, 2.24) is 4.98 Å². The molecule has 0 spiro atoms. The average Bonchev–Trinajstić information content (AvgIpc) is 2.38. The van der Waals surface area contributed by atoms with Crippen LogP contribution in [0, 0.1) is 5.82 Å². The molecular formula is C13H9BrFNO3S. The number of benzene rings is 1. The summed E-state index contributed by atoms with van der Waals surface area (Å²) < 4.78 is 26.5. The lowest BCUT2D eigenvalue weighted by Crippen LogP contribution is -2.03. The van der Waals surface area contributed by atoms with Gasteiger partial charge in [0.15, 0.2) is 0 Å². The van der Waals surface area contributed by atoms with Crippen molar-refractivity contribution < 1.29 is 18.5 Å². The van der Waals surface area contributed by atoms with Crippen molar-refractivity contribution in [2.45, 2.75) is 10.6 Å². The molecule has 4 nitrogen and oxygen atoms in total. The molecule has 1 N–H and O–H groups in total. The van der Waals surface area contributed by atoms with E-state index in [2.05, 4.69) is 20.9 Å². The third kappa shape index (κ3) is 3.49. The zero-order valence-corrected chi connectivity index (χ0v) is 12.4. The average molecular weight is 358 g/mol. The molecule has 1 unspecified atom stereocenters. The first-order valence-electron chi connectivity index (χ1n) is 5.48. The molecular weight excluding hydrogens is 349 g/mol. The lowest BCUT2D eigenvalue weighted by Gasteiger charge is -2.05. The van der Waals surface area contributed by atoms with Crippen molar-refractivity contribution in [1.29, 1.82) is 0 Å². The largest absolute Gasteiger partial charge is 0.478 e. The monoisotopic (exact) mass is 357 g/mol. The summed E-state index contributed by atoms with van der Waals surface area (Å²) in [6.45, 7) is 0. The predicted molar refractivity (Wildman–Crippen MR) is 75.4 cm³/mol. The van der Waals surface area contributed by atoms with Crippen molar-refractivity contribution >= 4 is 32.7 Å². The third-order valence-electron chi connectivity index (χ3n) is 2.48. The highest BCUT2D eigenvalue weighted by atomic mass is 79.9. The van der Waals surface area contributed by atoms with Gasteiger partial charge in [-0.05, 0) is 45.8 Å². The lowest BCUT2D eigenvalue weighted by molar-refractivity contribution is 0.0696. The third-order valence-corrected chi connectivity index (χ3v) is 4.32. The fourth-order valence-electron chi connectivity index (χ4n) is 1.57. The molecule has 0 aliphatic carbocycles. The van der Waals surface area contributed by atoms with Crippen molar-refractivity contribution in [2.24, 2.45) is 0 Å². The quantitative estimate of drug-likeness (QED) is 0.913. The van der Waals surface area contributed by atoms with Gasteiger partial charge >= 0.3 is 5.97 Å². The van der Waals surface area contributed by atoms with Gasteiger partial charge in [0, 0.05) is 16.9 Å². The van der Waals surface area contributed by atoms with Gasteiger partial charge in [0.25, 0.3) is 0 Å². The first kappa shape index (κ1) is 14.8. The fraction of sp³-hybridized carbons (Fsp3) is 0.0769. The van der Waals surface area contributed by atoms with Crippen LogP contribution in [0.15, 0.2) is 46.0 Å². The summed E-state index contributed by atoms with van der Waals surface area (Å²) in [5.41, 5.74) is 0.569. The molecule has 1 heterocycles. The van der Waals surface area contributed by atoms with Gasteiger partial charge in [-0.1, -0.05) is 0 Å². The Morgan fingerprint density at radius 2 is 2.10 bits per heavy atom. The number of hydrogen-bond acceptors (Lipinski definition) is 3. The molecule has 0 amide bonds. The number of aromatic carboxylic acids is 1. The minimum absolute atomic E-state index is 0.0619. The van der Waals surface area contributed by atoms with Gasteiger partial charge in [-0.15, -0.1) is 0 Å².